The van der Waals surface area contributed by atoms with Crippen LogP contribution in [0, 0.1) is 0 Å². The van der Waals surface area contributed by atoms with Gasteiger partial charge < -0.3 is 5.11 Å². The average Bonchev–Trinajstić information content (AvgIpc) is 2.52. The number of carbonyl (C=O) groups excluding carboxylic acids is 2. The summed E-state index contributed by atoms with van der Waals surface area (Å²) in [6, 6.07) is 15.9. The topological polar surface area (TPSA) is 54.4 Å². The molecule has 0 saturated carbocycles. The maximum atomic E-state index is 12.8. The van der Waals surface area contributed by atoms with Crippen molar-refractivity contribution in [2.45, 2.75) is 19.3 Å². The Kier molecular flexibility index (Phi) is 5.26. The van der Waals surface area contributed by atoms with E-state index < -0.39 is 5.92 Å². The Morgan fingerprint density at radius 3 is 2.32 bits per heavy atom. The van der Waals surface area contributed by atoms with Crippen LogP contribution in [0.25, 0.3) is 0 Å². The van der Waals surface area contributed by atoms with Gasteiger partial charge in [0, 0.05) is 0 Å². The maximum Gasteiger partial charge on any atom is 0.174 e. The number of aromatic hydroxyl groups is 1. The van der Waals surface area contributed by atoms with Gasteiger partial charge in [0.05, 0.1) is 11.5 Å². The summed E-state index contributed by atoms with van der Waals surface area (Å²) in [4.78, 5) is 23.8. The number of phenols is 1. The summed E-state index contributed by atoms with van der Waals surface area (Å²) >= 11 is 0. The van der Waals surface area contributed by atoms with Gasteiger partial charge in [-0.15, -0.1) is 0 Å². The Morgan fingerprint density at radius 2 is 1.68 bits per heavy atom. The first kappa shape index (κ1) is 15.7. The fourth-order valence-electron chi connectivity index (χ4n) is 2.32. The molecule has 0 amide bonds. The Hall–Kier alpha value is -2.68. The van der Waals surface area contributed by atoms with E-state index in [1.54, 1.807) is 24.3 Å². The molecule has 0 aliphatic heterocycles. The van der Waals surface area contributed by atoms with E-state index in [2.05, 4.69) is 0 Å². The number of allylic oxidation sites excluding steroid dienone is 2. The number of benzene rings is 2. The third-order valence-corrected chi connectivity index (χ3v) is 3.41. The van der Waals surface area contributed by atoms with Crippen molar-refractivity contribution < 1.29 is 14.7 Å². The highest BCUT2D eigenvalue weighted by Crippen LogP contribution is 2.28. The molecule has 2 rings (SSSR count). The summed E-state index contributed by atoms with van der Waals surface area (Å²) in [7, 11) is 0. The van der Waals surface area contributed by atoms with Crippen LogP contribution in [0.3, 0.4) is 0 Å². The van der Waals surface area contributed by atoms with Crippen LogP contribution in [0.2, 0.25) is 0 Å². The normalized spacial score (nSPS) is 12.2. The van der Waals surface area contributed by atoms with Crippen LogP contribution in [0.15, 0.2) is 66.7 Å². The van der Waals surface area contributed by atoms with Crippen molar-refractivity contribution in [2.24, 2.45) is 0 Å². The predicted octanol–water partition coefficient (Wildman–Crippen LogP) is 3.89. The van der Waals surface area contributed by atoms with Crippen LogP contribution in [0.4, 0.5) is 0 Å². The van der Waals surface area contributed by atoms with Crippen LogP contribution in [0.5, 0.6) is 5.75 Å². The van der Waals surface area contributed by atoms with Crippen LogP contribution in [-0.4, -0.2) is 16.7 Å². The second kappa shape index (κ2) is 7.36. The summed E-state index contributed by atoms with van der Waals surface area (Å²) in [6.07, 6.45) is 3.59. The molecule has 1 N–H and O–H groups in total. The fourth-order valence-corrected chi connectivity index (χ4v) is 2.32. The Balaban J connectivity index is 2.34. The van der Waals surface area contributed by atoms with Gasteiger partial charge in [-0.05, 0) is 37.1 Å². The molecule has 1 unspecified atom stereocenters. The lowest BCUT2D eigenvalue weighted by Gasteiger charge is -2.15. The number of rotatable bonds is 6. The van der Waals surface area contributed by atoms with Crippen molar-refractivity contribution in [3.8, 4) is 5.75 Å². The minimum absolute atomic E-state index is 0.0241. The first-order valence-corrected chi connectivity index (χ1v) is 7.14. The molecule has 0 saturated heterocycles. The average molecular weight is 294 g/mol. The first-order valence-electron chi connectivity index (χ1n) is 7.14. The summed E-state index contributed by atoms with van der Waals surface area (Å²) in [6.45, 7) is 1.47. The van der Waals surface area contributed by atoms with Gasteiger partial charge >= 0.3 is 0 Å². The zero-order chi connectivity index (χ0) is 15.9. The summed E-state index contributed by atoms with van der Waals surface area (Å²) in [5.41, 5.74) is 1.16. The lowest BCUT2D eigenvalue weighted by molar-refractivity contribution is -0.112. The second-order valence-electron chi connectivity index (χ2n) is 5.09. The van der Waals surface area contributed by atoms with Crippen molar-refractivity contribution in [1.29, 1.82) is 0 Å². The van der Waals surface area contributed by atoms with E-state index in [1.807, 2.05) is 30.3 Å². The van der Waals surface area contributed by atoms with Crippen molar-refractivity contribution in [2.75, 3.05) is 0 Å². The van der Waals surface area contributed by atoms with E-state index in [0.717, 1.165) is 5.56 Å². The standard InChI is InChI=1S/C19H18O3/c1-14(20)8-7-12-16(15-9-3-2-4-10-15)19(22)17-11-5-6-13-18(17)21/h2-11,13,16,21H,12H2,1H3/b8-7+. The van der Waals surface area contributed by atoms with Gasteiger partial charge in [-0.3, -0.25) is 9.59 Å². The molecule has 2 aromatic rings. The molecule has 0 heterocycles. The van der Waals surface area contributed by atoms with Gasteiger partial charge in [-0.2, -0.15) is 0 Å². The van der Waals surface area contributed by atoms with E-state index in [1.165, 1.54) is 19.1 Å². The van der Waals surface area contributed by atoms with Crippen LogP contribution in [-0.2, 0) is 4.79 Å². The Morgan fingerprint density at radius 1 is 1.05 bits per heavy atom. The molecule has 3 heteroatoms. The summed E-state index contributed by atoms with van der Waals surface area (Å²) < 4.78 is 0. The predicted molar refractivity (Wildman–Crippen MR) is 86.1 cm³/mol. The van der Waals surface area contributed by atoms with Gasteiger partial charge in [0.15, 0.2) is 11.6 Å². The first-order chi connectivity index (χ1) is 10.6. The van der Waals surface area contributed by atoms with E-state index in [0.29, 0.717) is 12.0 Å². The molecular formula is C19H18O3. The molecular weight excluding hydrogens is 276 g/mol. The largest absolute Gasteiger partial charge is 0.507 e. The van der Waals surface area contributed by atoms with Gasteiger partial charge in [-0.1, -0.05) is 48.5 Å². The third-order valence-electron chi connectivity index (χ3n) is 3.41. The second-order valence-corrected chi connectivity index (χ2v) is 5.09. The van der Waals surface area contributed by atoms with Crippen molar-refractivity contribution in [3.05, 3.63) is 77.9 Å². The molecule has 0 radical (unpaired) electrons. The molecule has 3 nitrogen and oxygen atoms in total. The Labute approximate surface area is 129 Å². The SMILES string of the molecule is CC(=O)/C=C/CC(C(=O)c1ccccc1O)c1ccccc1. The van der Waals surface area contributed by atoms with Crippen molar-refractivity contribution >= 4 is 11.6 Å². The van der Waals surface area contributed by atoms with E-state index in [4.69, 9.17) is 0 Å². The smallest absolute Gasteiger partial charge is 0.174 e. The molecule has 0 aliphatic rings. The van der Waals surface area contributed by atoms with Gasteiger partial charge in [-0.25, -0.2) is 0 Å². The highest BCUT2D eigenvalue weighted by Gasteiger charge is 2.22. The highest BCUT2D eigenvalue weighted by molar-refractivity contribution is 6.03. The molecule has 2 aromatic carbocycles. The van der Waals surface area contributed by atoms with Crippen molar-refractivity contribution in [3.63, 3.8) is 0 Å². The number of hydrogen-bond acceptors (Lipinski definition) is 3. The molecule has 0 fully saturated rings. The fraction of sp³-hybridized carbons (Fsp3) is 0.158. The van der Waals surface area contributed by atoms with Crippen LogP contribution >= 0.6 is 0 Å². The van der Waals surface area contributed by atoms with Gasteiger partial charge in [0.2, 0.25) is 0 Å². The minimum Gasteiger partial charge on any atom is -0.507 e. The molecule has 0 bridgehead atoms. The minimum atomic E-state index is -0.426. The number of phenolic OH excluding ortho intramolecular Hbond substituents is 1. The number of ketones is 2. The molecule has 0 spiro atoms. The molecule has 0 aliphatic carbocycles. The maximum absolute atomic E-state index is 12.8. The highest BCUT2D eigenvalue weighted by atomic mass is 16.3. The molecule has 112 valence electrons. The Bertz CT molecular complexity index is 687. The zero-order valence-electron chi connectivity index (χ0n) is 12.4. The van der Waals surface area contributed by atoms with E-state index >= 15 is 0 Å². The summed E-state index contributed by atoms with van der Waals surface area (Å²) in [5, 5.41) is 9.90. The molecule has 1 atom stereocenters. The quantitative estimate of drug-likeness (QED) is 0.649. The number of hydrogen-bond donors (Lipinski definition) is 1. The number of Topliss-reactive ketones (excluding diaryl/α,β-unsaturated/α-hetero) is 1. The molecule has 22 heavy (non-hydrogen) atoms. The summed E-state index contributed by atoms with van der Waals surface area (Å²) in [5.74, 6) is -0.659. The zero-order valence-corrected chi connectivity index (χ0v) is 12.4. The lowest BCUT2D eigenvalue weighted by atomic mass is 9.87. The monoisotopic (exact) mass is 294 g/mol. The van der Waals surface area contributed by atoms with E-state index in [-0.39, 0.29) is 17.3 Å². The van der Waals surface area contributed by atoms with Crippen LogP contribution < -0.4 is 0 Å². The van der Waals surface area contributed by atoms with Crippen LogP contribution in [0.1, 0.15) is 35.2 Å². The number of para-hydroxylation sites is 1. The number of carbonyl (C=O) groups is 2. The van der Waals surface area contributed by atoms with Gasteiger partial charge in [0.25, 0.3) is 0 Å². The van der Waals surface area contributed by atoms with E-state index in [9.17, 15) is 14.7 Å². The molecule has 0 aromatic heterocycles. The lowest BCUT2D eigenvalue weighted by Crippen LogP contribution is -2.12. The van der Waals surface area contributed by atoms with Gasteiger partial charge in [0.1, 0.15) is 5.75 Å². The van der Waals surface area contributed by atoms with Crippen molar-refractivity contribution in [1.82, 2.24) is 0 Å². The third kappa shape index (κ3) is 3.92.